The highest BCUT2D eigenvalue weighted by Gasteiger charge is 2.17. The van der Waals surface area contributed by atoms with Crippen molar-refractivity contribution >= 4 is 28.8 Å². The Bertz CT molecular complexity index is 1050. The van der Waals surface area contributed by atoms with Gasteiger partial charge in [-0.2, -0.15) is 5.10 Å². The van der Waals surface area contributed by atoms with Crippen LogP contribution in [0.15, 0.2) is 54.7 Å². The third-order valence-corrected chi connectivity index (χ3v) is 5.17. The first-order valence-corrected chi connectivity index (χ1v) is 10.1. The van der Waals surface area contributed by atoms with Gasteiger partial charge in [-0.15, -0.1) is 5.10 Å². The van der Waals surface area contributed by atoms with Crippen LogP contribution in [0.3, 0.4) is 0 Å². The number of anilines is 4. The van der Waals surface area contributed by atoms with Crippen molar-refractivity contribution in [1.82, 2.24) is 10.2 Å². The van der Waals surface area contributed by atoms with Crippen molar-refractivity contribution in [2.24, 2.45) is 0 Å². The number of nitrogens with one attached hydrogen (secondary N) is 2. The summed E-state index contributed by atoms with van der Waals surface area (Å²) in [5.74, 6) is 1.31. The minimum Gasteiger partial charge on any atom is -0.493 e. The Morgan fingerprint density at radius 1 is 1.00 bits per heavy atom. The van der Waals surface area contributed by atoms with Gasteiger partial charge in [-0.1, -0.05) is 6.07 Å². The Hall–Kier alpha value is -3.81. The normalized spacial score (nSPS) is 13.0. The Labute approximate surface area is 181 Å². The number of benzene rings is 2. The van der Waals surface area contributed by atoms with Crippen LogP contribution in [0.1, 0.15) is 23.2 Å². The van der Waals surface area contributed by atoms with Gasteiger partial charge < -0.3 is 25.0 Å². The molecule has 2 heterocycles. The summed E-state index contributed by atoms with van der Waals surface area (Å²) in [4.78, 5) is 15.0. The lowest BCUT2D eigenvalue weighted by Gasteiger charge is -2.17. The Morgan fingerprint density at radius 2 is 1.74 bits per heavy atom. The first-order chi connectivity index (χ1) is 15.2. The second kappa shape index (κ2) is 9.34. The molecule has 0 unspecified atom stereocenters. The van der Waals surface area contributed by atoms with Crippen LogP contribution < -0.4 is 25.0 Å². The second-order valence-corrected chi connectivity index (χ2v) is 7.19. The van der Waals surface area contributed by atoms with Crippen LogP contribution in [0.4, 0.5) is 22.9 Å². The molecule has 0 aliphatic carbocycles. The summed E-state index contributed by atoms with van der Waals surface area (Å²) < 4.78 is 10.6. The monoisotopic (exact) mass is 419 g/mol. The molecular weight excluding hydrogens is 394 g/mol. The number of carbonyl (C=O) groups is 1. The molecule has 2 aromatic carbocycles. The number of carbonyl (C=O) groups excluding carboxylic acids is 1. The minimum absolute atomic E-state index is 0.277. The molecule has 0 atom stereocenters. The third-order valence-electron chi connectivity index (χ3n) is 5.17. The fourth-order valence-electron chi connectivity index (χ4n) is 3.61. The SMILES string of the molecule is COc1cccc(C(=O)Nc2ccc(Nc3cc(N4CCCC4)cnn3)cc2)c1OC. The van der Waals surface area contributed by atoms with Gasteiger partial charge in [-0.05, 0) is 49.2 Å². The fraction of sp³-hybridized carbons (Fsp3) is 0.261. The largest absolute Gasteiger partial charge is 0.493 e. The number of methoxy groups -OCH3 is 2. The van der Waals surface area contributed by atoms with E-state index in [4.69, 9.17) is 9.47 Å². The topological polar surface area (TPSA) is 88.6 Å². The zero-order valence-corrected chi connectivity index (χ0v) is 17.6. The van der Waals surface area contributed by atoms with Crippen LogP contribution >= 0.6 is 0 Å². The summed E-state index contributed by atoms with van der Waals surface area (Å²) in [6.45, 7) is 2.11. The van der Waals surface area contributed by atoms with E-state index in [0.717, 1.165) is 24.5 Å². The first-order valence-electron chi connectivity index (χ1n) is 10.1. The summed E-state index contributed by atoms with van der Waals surface area (Å²) in [6, 6.07) is 14.6. The summed E-state index contributed by atoms with van der Waals surface area (Å²) in [7, 11) is 3.05. The summed E-state index contributed by atoms with van der Waals surface area (Å²) in [5, 5.41) is 14.4. The number of hydrogen-bond acceptors (Lipinski definition) is 7. The number of para-hydroxylation sites is 1. The molecule has 0 bridgehead atoms. The summed E-state index contributed by atoms with van der Waals surface area (Å²) in [6.07, 6.45) is 4.21. The number of hydrogen-bond donors (Lipinski definition) is 2. The van der Waals surface area contributed by atoms with E-state index in [-0.39, 0.29) is 5.91 Å². The third kappa shape index (κ3) is 4.69. The maximum Gasteiger partial charge on any atom is 0.259 e. The van der Waals surface area contributed by atoms with Crippen molar-refractivity contribution in [3.05, 3.63) is 60.3 Å². The molecule has 0 radical (unpaired) electrons. The Balaban J connectivity index is 1.43. The molecular formula is C23H25N5O3. The van der Waals surface area contributed by atoms with E-state index in [1.165, 1.54) is 27.1 Å². The molecule has 1 aliphatic rings. The lowest BCUT2D eigenvalue weighted by molar-refractivity contribution is 0.102. The molecule has 1 amide bonds. The standard InChI is InChI=1S/C23H25N5O3/c1-30-20-7-5-6-19(22(20)31-2)23(29)26-17-10-8-16(9-11-17)25-21-14-18(15-24-27-21)28-12-3-4-13-28/h5-11,14-15H,3-4,12-13H2,1-2H3,(H,25,27)(H,26,29). The van der Waals surface area contributed by atoms with Crippen LogP contribution in [0.5, 0.6) is 11.5 Å². The predicted octanol–water partition coefficient (Wildman–Crippen LogP) is 4.09. The molecule has 1 saturated heterocycles. The van der Waals surface area contributed by atoms with Crippen molar-refractivity contribution in [2.75, 3.05) is 42.8 Å². The van der Waals surface area contributed by atoms with Crippen LogP contribution in [-0.4, -0.2) is 43.4 Å². The molecule has 160 valence electrons. The number of rotatable bonds is 7. The van der Waals surface area contributed by atoms with Crippen LogP contribution in [-0.2, 0) is 0 Å². The molecule has 1 fully saturated rings. The van der Waals surface area contributed by atoms with Crippen molar-refractivity contribution < 1.29 is 14.3 Å². The van der Waals surface area contributed by atoms with Gasteiger partial charge in [-0.3, -0.25) is 4.79 Å². The quantitative estimate of drug-likeness (QED) is 0.596. The minimum atomic E-state index is -0.277. The van der Waals surface area contributed by atoms with Gasteiger partial charge in [0, 0.05) is 30.5 Å². The van der Waals surface area contributed by atoms with Crippen LogP contribution in [0.2, 0.25) is 0 Å². The number of nitrogens with zero attached hydrogens (tertiary/aromatic N) is 3. The van der Waals surface area contributed by atoms with Crippen molar-refractivity contribution in [1.29, 1.82) is 0 Å². The number of amides is 1. The summed E-state index contributed by atoms with van der Waals surface area (Å²) in [5.41, 5.74) is 2.99. The van der Waals surface area contributed by atoms with E-state index < -0.39 is 0 Å². The van der Waals surface area contributed by atoms with E-state index in [9.17, 15) is 4.79 Å². The maximum absolute atomic E-state index is 12.7. The van der Waals surface area contributed by atoms with Gasteiger partial charge in [0.1, 0.15) is 0 Å². The number of aromatic nitrogens is 2. The smallest absolute Gasteiger partial charge is 0.259 e. The first kappa shape index (κ1) is 20.5. The lowest BCUT2D eigenvalue weighted by atomic mass is 10.1. The predicted molar refractivity (Wildman–Crippen MR) is 121 cm³/mol. The molecule has 8 heteroatoms. The molecule has 31 heavy (non-hydrogen) atoms. The van der Waals surface area contributed by atoms with Gasteiger partial charge >= 0.3 is 0 Å². The summed E-state index contributed by atoms with van der Waals surface area (Å²) >= 11 is 0. The van der Waals surface area contributed by atoms with E-state index in [0.29, 0.717) is 28.6 Å². The molecule has 0 spiro atoms. The van der Waals surface area contributed by atoms with Gasteiger partial charge in [0.15, 0.2) is 17.3 Å². The zero-order valence-electron chi connectivity index (χ0n) is 17.6. The van der Waals surface area contributed by atoms with Gasteiger partial charge in [0.25, 0.3) is 5.91 Å². The lowest BCUT2D eigenvalue weighted by Crippen LogP contribution is -2.18. The van der Waals surface area contributed by atoms with Crippen molar-refractivity contribution in [3.8, 4) is 11.5 Å². The number of ether oxygens (including phenoxy) is 2. The van der Waals surface area contributed by atoms with E-state index in [2.05, 4.69) is 25.7 Å². The van der Waals surface area contributed by atoms with E-state index in [1.807, 2.05) is 30.3 Å². The van der Waals surface area contributed by atoms with Gasteiger partial charge in [0.05, 0.1) is 31.7 Å². The Kier molecular flexibility index (Phi) is 6.16. The Morgan fingerprint density at radius 3 is 2.45 bits per heavy atom. The van der Waals surface area contributed by atoms with E-state index in [1.54, 1.807) is 24.4 Å². The van der Waals surface area contributed by atoms with Crippen LogP contribution in [0.25, 0.3) is 0 Å². The molecule has 2 N–H and O–H groups in total. The second-order valence-electron chi connectivity index (χ2n) is 7.19. The highest BCUT2D eigenvalue weighted by Crippen LogP contribution is 2.31. The molecule has 4 rings (SSSR count). The van der Waals surface area contributed by atoms with Gasteiger partial charge in [-0.25, -0.2) is 0 Å². The van der Waals surface area contributed by atoms with Crippen LogP contribution in [0, 0.1) is 0 Å². The zero-order chi connectivity index (χ0) is 21.6. The van der Waals surface area contributed by atoms with Crippen molar-refractivity contribution in [2.45, 2.75) is 12.8 Å². The molecule has 0 saturated carbocycles. The highest BCUT2D eigenvalue weighted by atomic mass is 16.5. The average molecular weight is 419 g/mol. The van der Waals surface area contributed by atoms with Gasteiger partial charge in [0.2, 0.25) is 0 Å². The molecule has 3 aromatic rings. The van der Waals surface area contributed by atoms with E-state index >= 15 is 0 Å². The van der Waals surface area contributed by atoms with Crippen molar-refractivity contribution in [3.63, 3.8) is 0 Å². The maximum atomic E-state index is 12.7. The molecule has 1 aliphatic heterocycles. The average Bonchev–Trinajstić information content (AvgIpc) is 3.35. The molecule has 8 nitrogen and oxygen atoms in total. The molecule has 1 aromatic heterocycles. The fourth-order valence-corrected chi connectivity index (χ4v) is 3.61. The highest BCUT2D eigenvalue weighted by molar-refractivity contribution is 6.06.